The number of aromatic nitrogens is 1. The van der Waals surface area contributed by atoms with Crippen molar-refractivity contribution in [2.75, 3.05) is 0 Å². The van der Waals surface area contributed by atoms with E-state index in [9.17, 15) is 31.1 Å². The number of hydrogen-bond donors (Lipinski definition) is 3. The van der Waals surface area contributed by atoms with Gasteiger partial charge in [0.05, 0.1) is 5.56 Å². The first-order valence-electron chi connectivity index (χ1n) is 11.2. The summed E-state index contributed by atoms with van der Waals surface area (Å²) in [5, 5.41) is 7.76. The van der Waals surface area contributed by atoms with Gasteiger partial charge in [-0.2, -0.15) is 26.3 Å². The molecule has 0 bridgehead atoms. The second kappa shape index (κ2) is 11.1. The van der Waals surface area contributed by atoms with Gasteiger partial charge in [0.15, 0.2) is 6.21 Å². The molecule has 1 aromatic carbocycles. The lowest BCUT2D eigenvalue weighted by Gasteiger charge is -2.26. The SMILES string of the molecule is CC(=C1CCC(NC(=O)/C(C=[NH2+])=C(/N)C(F)(F)F)CC1)c1cccc(Oc2ccc(C(F)(F)F)cn2)c1. The molecule has 1 aromatic heterocycles. The molecule has 0 spiro atoms. The molecule has 12 heteroatoms. The Labute approximate surface area is 208 Å². The smallest absolute Gasteiger partial charge is 0.431 e. The Morgan fingerprint density at radius 2 is 1.81 bits per heavy atom. The highest BCUT2D eigenvalue weighted by Gasteiger charge is 2.37. The Kier molecular flexibility index (Phi) is 8.29. The molecule has 0 atom stereocenters. The average molecular weight is 527 g/mol. The number of carbonyl (C=O) groups excluding carboxylic acids is 1. The molecule has 3 rings (SSSR count). The Morgan fingerprint density at radius 3 is 2.35 bits per heavy atom. The van der Waals surface area contributed by atoms with Gasteiger partial charge in [-0.15, -0.1) is 0 Å². The number of benzene rings is 1. The summed E-state index contributed by atoms with van der Waals surface area (Å²) in [6.45, 7) is 1.91. The van der Waals surface area contributed by atoms with Crippen LogP contribution in [0, 0.1) is 0 Å². The quantitative estimate of drug-likeness (QED) is 0.296. The molecule has 0 aliphatic heterocycles. The van der Waals surface area contributed by atoms with Crippen molar-refractivity contribution in [3.63, 3.8) is 0 Å². The molecule has 2 aromatic rings. The van der Waals surface area contributed by atoms with Gasteiger partial charge < -0.3 is 15.8 Å². The minimum Gasteiger partial charge on any atom is -0.439 e. The number of pyridine rings is 1. The maximum Gasteiger partial charge on any atom is 0.431 e. The van der Waals surface area contributed by atoms with E-state index in [-0.39, 0.29) is 11.9 Å². The number of allylic oxidation sites excluding steroid dienone is 3. The maximum absolute atomic E-state index is 12.8. The van der Waals surface area contributed by atoms with E-state index in [1.165, 1.54) is 0 Å². The van der Waals surface area contributed by atoms with E-state index >= 15 is 0 Å². The highest BCUT2D eigenvalue weighted by molar-refractivity contribution is 6.11. The normalized spacial score (nSPS) is 17.1. The third-order valence-corrected chi connectivity index (χ3v) is 6.01. The Balaban J connectivity index is 1.65. The van der Waals surface area contributed by atoms with Gasteiger partial charge in [0, 0.05) is 18.3 Å². The van der Waals surface area contributed by atoms with Crippen molar-refractivity contribution in [1.82, 2.24) is 10.3 Å². The second-order valence-corrected chi connectivity index (χ2v) is 8.48. The predicted octanol–water partition coefficient (Wildman–Crippen LogP) is 4.33. The molecule has 0 unspecified atom stereocenters. The standard InChI is InChI=1S/C25H24F6N4O2/c1-14(15-5-8-18(9-6-15)35-23(36)20(12-32)22(33)25(29,30)31)16-3-2-4-19(11-16)37-21-10-7-17(13-34-21)24(26,27)28/h2-4,7,10-13,18,32H,5-6,8-9,33H2,1H3,(H,35,36)/p+1/b15-14?,22-20+,32-12?. The fourth-order valence-corrected chi connectivity index (χ4v) is 3.92. The summed E-state index contributed by atoms with van der Waals surface area (Å²) in [4.78, 5) is 16.0. The van der Waals surface area contributed by atoms with Crippen molar-refractivity contribution < 1.29 is 41.3 Å². The van der Waals surface area contributed by atoms with Crippen LogP contribution >= 0.6 is 0 Å². The Bertz CT molecular complexity index is 1210. The van der Waals surface area contributed by atoms with Crippen LogP contribution in [0.5, 0.6) is 11.6 Å². The number of rotatable bonds is 6. The number of ether oxygens (including phenoxy) is 1. The number of nitrogens with two attached hydrogens (primary N) is 2. The third kappa shape index (κ3) is 7.11. The number of nitrogens with zero attached hydrogens (tertiary/aromatic N) is 1. The lowest BCUT2D eigenvalue weighted by molar-refractivity contribution is -0.137. The van der Waals surface area contributed by atoms with E-state index in [1.54, 1.807) is 18.2 Å². The third-order valence-electron chi connectivity index (χ3n) is 6.01. The van der Waals surface area contributed by atoms with Gasteiger partial charge in [-0.1, -0.05) is 17.7 Å². The lowest BCUT2D eigenvalue weighted by Crippen LogP contribution is -2.43. The van der Waals surface area contributed by atoms with Gasteiger partial charge in [-0.25, -0.2) is 4.98 Å². The number of amides is 1. The van der Waals surface area contributed by atoms with Crippen LogP contribution < -0.4 is 21.2 Å². The zero-order valence-electron chi connectivity index (χ0n) is 19.7. The van der Waals surface area contributed by atoms with Gasteiger partial charge in [0.1, 0.15) is 17.0 Å². The van der Waals surface area contributed by atoms with Gasteiger partial charge in [0.25, 0.3) is 5.91 Å². The molecule has 1 aliphatic rings. The lowest BCUT2D eigenvalue weighted by atomic mass is 9.86. The van der Waals surface area contributed by atoms with Crippen molar-refractivity contribution in [3.05, 3.63) is 70.6 Å². The molecule has 0 saturated heterocycles. The van der Waals surface area contributed by atoms with Crippen LogP contribution in [-0.4, -0.2) is 29.3 Å². The fraction of sp³-hybridized carbons (Fsp3) is 0.320. The van der Waals surface area contributed by atoms with Crippen molar-refractivity contribution in [2.24, 2.45) is 5.73 Å². The van der Waals surface area contributed by atoms with Gasteiger partial charge in [-0.05, 0) is 61.9 Å². The predicted molar refractivity (Wildman–Crippen MR) is 124 cm³/mol. The van der Waals surface area contributed by atoms with Crippen LogP contribution in [0.3, 0.4) is 0 Å². The molecule has 1 amide bonds. The van der Waals surface area contributed by atoms with Gasteiger partial charge in [-0.3, -0.25) is 10.2 Å². The van der Waals surface area contributed by atoms with Gasteiger partial charge in [0.2, 0.25) is 5.88 Å². The maximum atomic E-state index is 12.8. The minimum absolute atomic E-state index is 0.0148. The number of carbonyl (C=O) groups is 1. The topological polar surface area (TPSA) is 103 Å². The van der Waals surface area contributed by atoms with E-state index in [1.807, 2.05) is 13.0 Å². The molecule has 5 N–H and O–H groups in total. The van der Waals surface area contributed by atoms with Crippen LogP contribution in [0.4, 0.5) is 26.3 Å². The van der Waals surface area contributed by atoms with E-state index < -0.39 is 35.1 Å². The van der Waals surface area contributed by atoms with Crippen molar-refractivity contribution in [1.29, 1.82) is 0 Å². The molecular weight excluding hydrogens is 502 g/mol. The van der Waals surface area contributed by atoms with E-state index in [2.05, 4.69) is 10.3 Å². The van der Waals surface area contributed by atoms with Gasteiger partial charge >= 0.3 is 12.4 Å². The molecule has 1 aliphatic carbocycles. The summed E-state index contributed by atoms with van der Waals surface area (Å²) in [5.74, 6) is -0.570. The minimum atomic E-state index is -4.87. The Morgan fingerprint density at radius 1 is 1.14 bits per heavy atom. The Hall–Kier alpha value is -3.83. The molecule has 6 nitrogen and oxygen atoms in total. The number of alkyl halides is 6. The number of halogens is 6. The zero-order chi connectivity index (χ0) is 27.4. The van der Waals surface area contributed by atoms with Crippen LogP contribution in [0.2, 0.25) is 0 Å². The number of nitrogens with one attached hydrogen (secondary N) is 1. The highest BCUT2D eigenvalue weighted by Crippen LogP contribution is 2.34. The van der Waals surface area contributed by atoms with Crippen LogP contribution in [0.15, 0.2) is 59.4 Å². The summed E-state index contributed by atoms with van der Waals surface area (Å²) in [6.07, 6.45) is -5.90. The van der Waals surface area contributed by atoms with E-state index in [0.717, 1.165) is 28.8 Å². The first-order chi connectivity index (χ1) is 17.3. The van der Waals surface area contributed by atoms with E-state index in [4.69, 9.17) is 15.9 Å². The fourth-order valence-electron chi connectivity index (χ4n) is 3.92. The summed E-state index contributed by atoms with van der Waals surface area (Å²) in [6, 6.07) is 8.67. The van der Waals surface area contributed by atoms with Crippen molar-refractivity contribution in [2.45, 2.75) is 51.0 Å². The first kappa shape index (κ1) is 27.8. The molecule has 0 radical (unpaired) electrons. The largest absolute Gasteiger partial charge is 0.439 e. The summed E-state index contributed by atoms with van der Waals surface area (Å²) < 4.78 is 82.3. The number of hydrogen-bond acceptors (Lipinski definition) is 4. The second-order valence-electron chi connectivity index (χ2n) is 8.48. The summed E-state index contributed by atoms with van der Waals surface area (Å²) in [7, 11) is 0. The van der Waals surface area contributed by atoms with Crippen LogP contribution in [0.1, 0.15) is 43.7 Å². The highest BCUT2D eigenvalue weighted by atomic mass is 19.4. The first-order valence-corrected chi connectivity index (χ1v) is 11.2. The van der Waals surface area contributed by atoms with Crippen molar-refractivity contribution >= 4 is 17.7 Å². The summed E-state index contributed by atoms with van der Waals surface area (Å²) in [5.41, 5.74) is 4.70. The monoisotopic (exact) mass is 527 g/mol. The zero-order valence-corrected chi connectivity index (χ0v) is 19.7. The molecule has 37 heavy (non-hydrogen) atoms. The molecular formula is C25H25F6N4O2+. The molecule has 1 heterocycles. The van der Waals surface area contributed by atoms with Crippen LogP contribution in [0.25, 0.3) is 5.57 Å². The van der Waals surface area contributed by atoms with E-state index in [0.29, 0.717) is 43.8 Å². The van der Waals surface area contributed by atoms with Crippen molar-refractivity contribution in [3.8, 4) is 11.6 Å². The average Bonchev–Trinajstić information content (AvgIpc) is 2.84. The summed E-state index contributed by atoms with van der Waals surface area (Å²) >= 11 is 0. The molecule has 1 saturated carbocycles. The molecule has 198 valence electrons. The molecule has 1 fully saturated rings. The van der Waals surface area contributed by atoms with Crippen LogP contribution in [-0.2, 0) is 11.0 Å².